The van der Waals surface area contributed by atoms with E-state index in [-0.39, 0.29) is 0 Å². The Hall–Kier alpha value is -0.790. The summed E-state index contributed by atoms with van der Waals surface area (Å²) in [5.41, 5.74) is 0. The van der Waals surface area contributed by atoms with Crippen molar-refractivity contribution in [1.29, 1.82) is 0 Å². The number of imidazole rings is 1. The van der Waals surface area contributed by atoms with E-state index in [2.05, 4.69) is 15.7 Å². The van der Waals surface area contributed by atoms with Gasteiger partial charge in [0.15, 0.2) is 0 Å². The van der Waals surface area contributed by atoms with Crippen LogP contribution in [0.25, 0.3) is 0 Å². The molecule has 0 atom stereocenters. The summed E-state index contributed by atoms with van der Waals surface area (Å²) < 4.78 is 2.23. The third-order valence-electron chi connectivity index (χ3n) is 3.25. The summed E-state index contributed by atoms with van der Waals surface area (Å²) in [6, 6.07) is 0. The Morgan fingerprint density at radius 2 is 1.79 bits per heavy atom. The lowest BCUT2D eigenvalue weighted by Gasteiger charge is -2.19. The van der Waals surface area contributed by atoms with E-state index < -0.39 is 0 Å². The van der Waals surface area contributed by atoms with Crippen molar-refractivity contribution in [3.8, 4) is 0 Å². The molecule has 0 N–H and O–H groups in total. The van der Waals surface area contributed by atoms with Gasteiger partial charge >= 0.3 is 0 Å². The Kier molecular flexibility index (Phi) is 3.61. The van der Waals surface area contributed by atoms with Gasteiger partial charge in [0.1, 0.15) is 0 Å². The van der Waals surface area contributed by atoms with Crippen LogP contribution in [-0.2, 0) is 6.54 Å². The Morgan fingerprint density at radius 1 is 1.07 bits per heavy atom. The van der Waals surface area contributed by atoms with E-state index >= 15 is 0 Å². The molecule has 1 heterocycles. The normalized spacial score (nSPS) is 20.3. The second-order valence-electron chi connectivity index (χ2n) is 4.47. The van der Waals surface area contributed by atoms with Gasteiger partial charge in [-0.3, -0.25) is 0 Å². The monoisotopic (exact) mass is 192 g/mol. The molecular formula is C12H20N2. The molecule has 1 aromatic heterocycles. The molecule has 0 aromatic carbocycles. The maximum atomic E-state index is 4.09. The Balaban J connectivity index is 1.83. The summed E-state index contributed by atoms with van der Waals surface area (Å²) in [6.45, 7) is 1.18. The summed E-state index contributed by atoms with van der Waals surface area (Å²) in [5, 5.41) is 0. The van der Waals surface area contributed by atoms with Gasteiger partial charge < -0.3 is 4.57 Å². The molecule has 0 radical (unpaired) electrons. The summed E-state index contributed by atoms with van der Waals surface area (Å²) in [5.74, 6) is 0.893. The molecule has 1 aliphatic rings. The van der Waals surface area contributed by atoms with Crippen molar-refractivity contribution in [3.63, 3.8) is 0 Å². The lowest BCUT2D eigenvalue weighted by molar-refractivity contribution is 0.338. The van der Waals surface area contributed by atoms with Gasteiger partial charge in [-0.25, -0.2) is 4.98 Å². The van der Waals surface area contributed by atoms with Gasteiger partial charge in [-0.2, -0.15) is 0 Å². The van der Waals surface area contributed by atoms with Crippen molar-refractivity contribution in [3.05, 3.63) is 18.7 Å². The minimum atomic E-state index is 0.893. The van der Waals surface area contributed by atoms with Gasteiger partial charge in [-0.15, -0.1) is 0 Å². The molecule has 78 valence electrons. The van der Waals surface area contributed by atoms with E-state index in [1.54, 1.807) is 0 Å². The van der Waals surface area contributed by atoms with Gasteiger partial charge in [0, 0.05) is 18.9 Å². The zero-order valence-corrected chi connectivity index (χ0v) is 8.86. The molecule has 2 heteroatoms. The summed E-state index contributed by atoms with van der Waals surface area (Å²) in [6.07, 6.45) is 15.9. The molecule has 14 heavy (non-hydrogen) atoms. The smallest absolute Gasteiger partial charge is 0.0945 e. The number of hydrogen-bond acceptors (Lipinski definition) is 1. The first kappa shape index (κ1) is 9.75. The Bertz CT molecular complexity index is 233. The topological polar surface area (TPSA) is 17.8 Å². The van der Waals surface area contributed by atoms with Crippen LogP contribution >= 0.6 is 0 Å². The fourth-order valence-corrected chi connectivity index (χ4v) is 2.42. The van der Waals surface area contributed by atoms with Gasteiger partial charge in [0.25, 0.3) is 0 Å². The zero-order valence-electron chi connectivity index (χ0n) is 8.86. The number of aromatic nitrogens is 2. The SMILES string of the molecule is c1cn(CC2CCCCCCC2)cn1. The summed E-state index contributed by atoms with van der Waals surface area (Å²) >= 11 is 0. The van der Waals surface area contributed by atoms with Crippen molar-refractivity contribution in [2.45, 2.75) is 51.5 Å². The predicted octanol–water partition coefficient (Wildman–Crippen LogP) is 3.24. The summed E-state index contributed by atoms with van der Waals surface area (Å²) in [4.78, 5) is 4.09. The lowest BCUT2D eigenvalue weighted by Crippen LogP contribution is -2.11. The maximum absolute atomic E-state index is 4.09. The first-order chi connectivity index (χ1) is 6.95. The molecule has 1 aromatic rings. The molecule has 2 nitrogen and oxygen atoms in total. The number of rotatable bonds is 2. The molecule has 2 rings (SSSR count). The third kappa shape index (κ3) is 2.86. The molecule has 1 fully saturated rings. The van der Waals surface area contributed by atoms with Crippen LogP contribution in [0.1, 0.15) is 44.9 Å². The lowest BCUT2D eigenvalue weighted by atomic mass is 9.91. The minimum absolute atomic E-state index is 0.893. The van der Waals surface area contributed by atoms with E-state index in [0.717, 1.165) is 5.92 Å². The molecule has 1 saturated carbocycles. The number of hydrogen-bond donors (Lipinski definition) is 0. The minimum Gasteiger partial charge on any atom is -0.337 e. The quantitative estimate of drug-likeness (QED) is 0.703. The maximum Gasteiger partial charge on any atom is 0.0945 e. The second-order valence-corrected chi connectivity index (χ2v) is 4.47. The van der Waals surface area contributed by atoms with Gasteiger partial charge in [0.05, 0.1) is 6.33 Å². The van der Waals surface area contributed by atoms with Gasteiger partial charge in [0.2, 0.25) is 0 Å². The van der Waals surface area contributed by atoms with Crippen LogP contribution in [0.4, 0.5) is 0 Å². The van der Waals surface area contributed by atoms with Gasteiger partial charge in [-0.05, 0) is 18.8 Å². The Morgan fingerprint density at radius 3 is 2.43 bits per heavy atom. The van der Waals surface area contributed by atoms with Crippen LogP contribution in [0, 0.1) is 5.92 Å². The average Bonchev–Trinajstić information content (AvgIpc) is 2.62. The van der Waals surface area contributed by atoms with Crippen molar-refractivity contribution in [1.82, 2.24) is 9.55 Å². The Labute approximate surface area is 86.3 Å². The molecule has 1 aliphatic carbocycles. The second kappa shape index (κ2) is 5.18. The highest BCUT2D eigenvalue weighted by Gasteiger charge is 2.11. The predicted molar refractivity (Wildman–Crippen MR) is 58.0 cm³/mol. The van der Waals surface area contributed by atoms with Gasteiger partial charge in [-0.1, -0.05) is 32.1 Å². The molecule has 0 unspecified atom stereocenters. The van der Waals surface area contributed by atoms with Crippen LogP contribution in [0.3, 0.4) is 0 Å². The van der Waals surface area contributed by atoms with Crippen molar-refractivity contribution in [2.24, 2.45) is 5.92 Å². The molecule has 0 saturated heterocycles. The molecule has 0 spiro atoms. The fourth-order valence-electron chi connectivity index (χ4n) is 2.42. The first-order valence-electron chi connectivity index (χ1n) is 5.91. The van der Waals surface area contributed by atoms with Crippen LogP contribution < -0.4 is 0 Å². The van der Waals surface area contributed by atoms with Crippen LogP contribution in [0.2, 0.25) is 0 Å². The van der Waals surface area contributed by atoms with E-state index in [0.29, 0.717) is 0 Å². The fraction of sp³-hybridized carbons (Fsp3) is 0.750. The van der Waals surface area contributed by atoms with E-state index in [1.807, 2.05) is 12.5 Å². The van der Waals surface area contributed by atoms with Crippen molar-refractivity contribution < 1.29 is 0 Å². The third-order valence-corrected chi connectivity index (χ3v) is 3.25. The molecular weight excluding hydrogens is 172 g/mol. The standard InChI is InChI=1S/C12H20N2/c1-2-4-6-12(7-5-3-1)10-14-9-8-13-11-14/h8-9,11-12H,1-7,10H2. The average molecular weight is 192 g/mol. The molecule has 0 aliphatic heterocycles. The van der Waals surface area contributed by atoms with E-state index in [4.69, 9.17) is 0 Å². The largest absolute Gasteiger partial charge is 0.337 e. The van der Waals surface area contributed by atoms with E-state index in [9.17, 15) is 0 Å². The van der Waals surface area contributed by atoms with Crippen LogP contribution in [-0.4, -0.2) is 9.55 Å². The molecule has 0 amide bonds. The van der Waals surface area contributed by atoms with E-state index in [1.165, 1.54) is 51.5 Å². The first-order valence-corrected chi connectivity index (χ1v) is 5.91. The highest BCUT2D eigenvalue weighted by Crippen LogP contribution is 2.23. The zero-order chi connectivity index (χ0) is 9.64. The van der Waals surface area contributed by atoms with Crippen LogP contribution in [0.5, 0.6) is 0 Å². The van der Waals surface area contributed by atoms with Crippen molar-refractivity contribution >= 4 is 0 Å². The highest BCUT2D eigenvalue weighted by atomic mass is 15.0. The highest BCUT2D eigenvalue weighted by molar-refractivity contribution is 4.76. The van der Waals surface area contributed by atoms with Crippen molar-refractivity contribution in [2.75, 3.05) is 0 Å². The number of nitrogens with zero attached hydrogens (tertiary/aromatic N) is 2. The van der Waals surface area contributed by atoms with Crippen LogP contribution in [0.15, 0.2) is 18.7 Å². The molecule has 0 bridgehead atoms. The summed E-state index contributed by atoms with van der Waals surface area (Å²) in [7, 11) is 0.